The summed E-state index contributed by atoms with van der Waals surface area (Å²) in [7, 11) is 0. The number of fused-ring (bicyclic) bond motifs is 1. The van der Waals surface area contributed by atoms with E-state index >= 15 is 0 Å². The minimum atomic E-state index is 0.125. The molecule has 1 aliphatic rings. The molecule has 0 aromatic heterocycles. The normalized spacial score (nSPS) is 14.1. The van der Waals surface area contributed by atoms with Crippen LogP contribution in [0.5, 0.6) is 0 Å². The molecule has 19 heavy (non-hydrogen) atoms. The molecule has 0 saturated carbocycles. The summed E-state index contributed by atoms with van der Waals surface area (Å²) < 4.78 is 3.41. The molecule has 0 aliphatic carbocycles. The number of amides is 1. The van der Waals surface area contributed by atoms with E-state index < -0.39 is 0 Å². The van der Waals surface area contributed by atoms with E-state index in [1.807, 2.05) is 4.90 Å². The molecule has 104 valence electrons. The first kappa shape index (κ1) is 14.9. The van der Waals surface area contributed by atoms with Crippen LogP contribution < -0.4 is 4.90 Å². The lowest BCUT2D eigenvalue weighted by Crippen LogP contribution is -2.25. The molecule has 0 N–H and O–H groups in total. The third-order valence-corrected chi connectivity index (χ3v) is 5.57. The Morgan fingerprint density at radius 1 is 1.42 bits per heavy atom. The third kappa shape index (κ3) is 3.15. The average Bonchev–Trinajstić information content (AvgIpc) is 2.78. The van der Waals surface area contributed by atoms with Gasteiger partial charge in [-0.1, -0.05) is 13.8 Å². The van der Waals surface area contributed by atoms with E-state index in [2.05, 4.69) is 46.2 Å². The molecule has 5 heteroatoms. The van der Waals surface area contributed by atoms with Gasteiger partial charge in [0, 0.05) is 41.6 Å². The Morgan fingerprint density at radius 3 is 2.68 bits per heavy atom. The first-order valence-electron chi connectivity index (χ1n) is 6.60. The van der Waals surface area contributed by atoms with E-state index in [4.69, 9.17) is 0 Å². The smallest absolute Gasteiger partial charge is 0.223 e. The standard InChI is InChI=1S/C14H19BrN2OS/c1-4-16(5-2)19-14-9-13-11(8-12(14)15)6-7-17(13)10(3)18/h8-9H,4-7H2,1-3H3. The summed E-state index contributed by atoms with van der Waals surface area (Å²) in [5, 5.41) is 0. The number of carbonyl (C=O) groups is 1. The van der Waals surface area contributed by atoms with Crippen LogP contribution in [0.1, 0.15) is 26.3 Å². The van der Waals surface area contributed by atoms with E-state index in [1.165, 1.54) is 10.5 Å². The number of anilines is 1. The van der Waals surface area contributed by atoms with Gasteiger partial charge < -0.3 is 4.90 Å². The second-order valence-electron chi connectivity index (χ2n) is 4.54. The van der Waals surface area contributed by atoms with Crippen LogP contribution in [0.15, 0.2) is 21.5 Å². The van der Waals surface area contributed by atoms with Crippen molar-refractivity contribution in [1.29, 1.82) is 0 Å². The van der Waals surface area contributed by atoms with Crippen LogP contribution in [0.25, 0.3) is 0 Å². The maximum Gasteiger partial charge on any atom is 0.223 e. The van der Waals surface area contributed by atoms with Crippen molar-refractivity contribution < 1.29 is 4.79 Å². The SMILES string of the molecule is CCN(CC)Sc1cc2c(cc1Br)CCN2C(C)=O. The molecule has 1 aromatic carbocycles. The molecule has 0 atom stereocenters. The average molecular weight is 343 g/mol. The molecule has 0 fully saturated rings. The Bertz CT molecular complexity index is 489. The van der Waals surface area contributed by atoms with Crippen LogP contribution in [0.4, 0.5) is 5.69 Å². The monoisotopic (exact) mass is 342 g/mol. The molecule has 0 unspecified atom stereocenters. The van der Waals surface area contributed by atoms with Crippen molar-refractivity contribution >= 4 is 39.5 Å². The first-order valence-corrected chi connectivity index (χ1v) is 8.16. The van der Waals surface area contributed by atoms with Gasteiger partial charge >= 0.3 is 0 Å². The number of hydrogen-bond donors (Lipinski definition) is 0. The first-order chi connectivity index (χ1) is 9.06. The Kier molecular flexibility index (Phi) is 4.92. The highest BCUT2D eigenvalue weighted by Gasteiger charge is 2.24. The fourth-order valence-electron chi connectivity index (χ4n) is 2.28. The van der Waals surface area contributed by atoms with Gasteiger partial charge in [0.1, 0.15) is 0 Å². The van der Waals surface area contributed by atoms with E-state index in [-0.39, 0.29) is 5.91 Å². The summed E-state index contributed by atoms with van der Waals surface area (Å²) >= 11 is 5.39. The van der Waals surface area contributed by atoms with E-state index in [0.717, 1.165) is 36.2 Å². The van der Waals surface area contributed by atoms with Gasteiger partial charge in [-0.05, 0) is 52.0 Å². The Labute approximate surface area is 127 Å². The van der Waals surface area contributed by atoms with Crippen LogP contribution in [-0.4, -0.2) is 29.8 Å². The number of rotatable bonds is 4. The lowest BCUT2D eigenvalue weighted by Gasteiger charge is -2.20. The van der Waals surface area contributed by atoms with Gasteiger partial charge in [0.2, 0.25) is 5.91 Å². The van der Waals surface area contributed by atoms with Crippen molar-refractivity contribution in [3.05, 3.63) is 22.2 Å². The summed E-state index contributed by atoms with van der Waals surface area (Å²) in [6.45, 7) is 8.74. The maximum atomic E-state index is 11.6. The summed E-state index contributed by atoms with van der Waals surface area (Å²) in [6, 6.07) is 4.29. The molecular formula is C14H19BrN2OS. The zero-order valence-electron chi connectivity index (χ0n) is 11.6. The molecule has 1 amide bonds. The number of nitrogens with zero attached hydrogens (tertiary/aromatic N) is 2. The lowest BCUT2D eigenvalue weighted by atomic mass is 10.2. The molecule has 0 spiro atoms. The Balaban J connectivity index is 2.31. The van der Waals surface area contributed by atoms with E-state index in [1.54, 1.807) is 18.9 Å². The van der Waals surface area contributed by atoms with Crippen LogP contribution in [0.3, 0.4) is 0 Å². The quantitative estimate of drug-likeness (QED) is 0.779. The molecule has 1 heterocycles. The predicted molar refractivity (Wildman–Crippen MR) is 84.7 cm³/mol. The van der Waals surface area contributed by atoms with Gasteiger partial charge in [0.05, 0.1) is 0 Å². The molecular weight excluding hydrogens is 324 g/mol. The van der Waals surface area contributed by atoms with Gasteiger partial charge in [0.15, 0.2) is 0 Å². The Hall–Kier alpha value is -0.520. The predicted octanol–water partition coefficient (Wildman–Crippen LogP) is 3.71. The largest absolute Gasteiger partial charge is 0.312 e. The summed E-state index contributed by atoms with van der Waals surface area (Å²) in [6.07, 6.45) is 0.948. The van der Waals surface area contributed by atoms with Crippen LogP contribution in [-0.2, 0) is 11.2 Å². The van der Waals surface area contributed by atoms with E-state index in [0.29, 0.717) is 0 Å². The number of carbonyl (C=O) groups excluding carboxylic acids is 1. The summed E-state index contributed by atoms with van der Waals surface area (Å²) in [5.74, 6) is 0.125. The van der Waals surface area contributed by atoms with Gasteiger partial charge in [-0.3, -0.25) is 4.79 Å². The van der Waals surface area contributed by atoms with Crippen LogP contribution >= 0.6 is 27.9 Å². The fourth-order valence-corrected chi connectivity index (χ4v) is 3.73. The van der Waals surface area contributed by atoms with Gasteiger partial charge in [-0.2, -0.15) is 0 Å². The van der Waals surface area contributed by atoms with Crippen molar-refractivity contribution in [3.63, 3.8) is 0 Å². The maximum absolute atomic E-state index is 11.6. The minimum Gasteiger partial charge on any atom is -0.312 e. The highest BCUT2D eigenvalue weighted by Crippen LogP contribution is 2.38. The van der Waals surface area contributed by atoms with Crippen molar-refractivity contribution in [2.45, 2.75) is 32.1 Å². The molecule has 3 nitrogen and oxygen atoms in total. The van der Waals surface area contributed by atoms with E-state index in [9.17, 15) is 4.79 Å². The highest BCUT2D eigenvalue weighted by molar-refractivity contribution is 9.10. The summed E-state index contributed by atoms with van der Waals surface area (Å²) in [5.41, 5.74) is 2.33. The molecule has 0 radical (unpaired) electrons. The molecule has 0 bridgehead atoms. The van der Waals surface area contributed by atoms with Crippen molar-refractivity contribution in [2.75, 3.05) is 24.5 Å². The van der Waals surface area contributed by atoms with Gasteiger partial charge in [-0.25, -0.2) is 4.31 Å². The molecule has 0 saturated heterocycles. The highest BCUT2D eigenvalue weighted by atomic mass is 79.9. The third-order valence-electron chi connectivity index (χ3n) is 3.34. The van der Waals surface area contributed by atoms with Gasteiger partial charge in [-0.15, -0.1) is 0 Å². The summed E-state index contributed by atoms with van der Waals surface area (Å²) in [4.78, 5) is 14.7. The minimum absolute atomic E-state index is 0.125. The van der Waals surface area contributed by atoms with Crippen molar-refractivity contribution in [1.82, 2.24) is 4.31 Å². The Morgan fingerprint density at radius 2 is 2.11 bits per heavy atom. The lowest BCUT2D eigenvalue weighted by molar-refractivity contribution is -0.116. The topological polar surface area (TPSA) is 23.6 Å². The molecule has 1 aromatic rings. The number of halogens is 1. The zero-order valence-corrected chi connectivity index (χ0v) is 14.0. The van der Waals surface area contributed by atoms with Gasteiger partial charge in [0.25, 0.3) is 0 Å². The number of benzene rings is 1. The fraction of sp³-hybridized carbons (Fsp3) is 0.500. The second kappa shape index (κ2) is 6.29. The molecule has 2 rings (SSSR count). The second-order valence-corrected chi connectivity index (χ2v) is 6.53. The zero-order chi connectivity index (χ0) is 14.0. The van der Waals surface area contributed by atoms with Crippen molar-refractivity contribution in [2.24, 2.45) is 0 Å². The van der Waals surface area contributed by atoms with Crippen LogP contribution in [0, 0.1) is 0 Å². The van der Waals surface area contributed by atoms with Crippen molar-refractivity contribution in [3.8, 4) is 0 Å². The van der Waals surface area contributed by atoms with Crippen LogP contribution in [0.2, 0.25) is 0 Å². The number of hydrogen-bond acceptors (Lipinski definition) is 3. The molecule has 1 aliphatic heterocycles.